The summed E-state index contributed by atoms with van der Waals surface area (Å²) in [5.74, 6) is 1.89. The van der Waals surface area contributed by atoms with Crippen molar-refractivity contribution in [2.75, 3.05) is 25.6 Å². The van der Waals surface area contributed by atoms with Crippen molar-refractivity contribution in [3.63, 3.8) is 0 Å². The molecule has 0 aromatic carbocycles. The lowest BCUT2D eigenvalue weighted by molar-refractivity contribution is 0.0667. The van der Waals surface area contributed by atoms with Crippen molar-refractivity contribution in [1.82, 2.24) is 9.78 Å². The van der Waals surface area contributed by atoms with Crippen LogP contribution in [-0.4, -0.2) is 30.0 Å². The van der Waals surface area contributed by atoms with Crippen molar-refractivity contribution in [3.8, 4) is 0 Å². The Labute approximate surface area is 96.0 Å². The Bertz CT molecular complexity index is 364. The van der Waals surface area contributed by atoms with Crippen LogP contribution in [0, 0.1) is 0 Å². The van der Waals surface area contributed by atoms with Gasteiger partial charge in [0.05, 0.1) is 11.7 Å². The molecule has 0 spiro atoms. The van der Waals surface area contributed by atoms with Crippen LogP contribution in [0.4, 0.5) is 5.82 Å². The molecule has 1 aromatic heterocycles. The molecule has 0 amide bonds. The zero-order valence-electron chi connectivity index (χ0n) is 9.78. The summed E-state index contributed by atoms with van der Waals surface area (Å²) < 4.78 is 7.58. The zero-order valence-corrected chi connectivity index (χ0v) is 9.78. The quantitative estimate of drug-likeness (QED) is 0.850. The van der Waals surface area contributed by atoms with Crippen molar-refractivity contribution < 1.29 is 4.74 Å². The maximum atomic E-state index is 5.40. The molecule has 0 radical (unpaired) electrons. The first-order chi connectivity index (χ1) is 7.88. The highest BCUT2D eigenvalue weighted by molar-refractivity contribution is 5.39. The van der Waals surface area contributed by atoms with Gasteiger partial charge in [-0.1, -0.05) is 0 Å². The normalized spacial score (nSPS) is 22.3. The van der Waals surface area contributed by atoms with E-state index in [0.29, 0.717) is 6.04 Å². The van der Waals surface area contributed by atoms with E-state index in [1.54, 1.807) is 0 Å². The van der Waals surface area contributed by atoms with Gasteiger partial charge in [-0.15, -0.1) is 0 Å². The molecule has 1 N–H and O–H groups in total. The lowest BCUT2D eigenvalue weighted by Gasteiger charge is -2.23. The molecule has 1 saturated heterocycles. The molecule has 2 aliphatic rings. The second-order valence-corrected chi connectivity index (χ2v) is 4.77. The van der Waals surface area contributed by atoms with E-state index < -0.39 is 0 Å². The van der Waals surface area contributed by atoms with Gasteiger partial charge in [0.15, 0.2) is 0 Å². The lowest BCUT2D eigenvalue weighted by Crippen LogP contribution is -2.21. The standard InChI is InChI=1S/C12H19N3O/c1-13-12-8-11(9-2-3-9)14-15(12)10-4-6-16-7-5-10/h8-10,13H,2-7H2,1H3. The van der Waals surface area contributed by atoms with Crippen molar-refractivity contribution in [3.05, 3.63) is 11.8 Å². The van der Waals surface area contributed by atoms with Crippen molar-refractivity contribution in [1.29, 1.82) is 0 Å². The SMILES string of the molecule is CNc1cc(C2CC2)nn1C1CCOCC1. The summed E-state index contributed by atoms with van der Waals surface area (Å²) in [6.07, 6.45) is 4.79. The Kier molecular flexibility index (Phi) is 2.59. The van der Waals surface area contributed by atoms with Crippen LogP contribution in [0.15, 0.2) is 6.07 Å². The summed E-state index contributed by atoms with van der Waals surface area (Å²) >= 11 is 0. The van der Waals surface area contributed by atoms with E-state index in [-0.39, 0.29) is 0 Å². The zero-order chi connectivity index (χ0) is 11.0. The van der Waals surface area contributed by atoms with Crippen LogP contribution < -0.4 is 5.32 Å². The lowest BCUT2D eigenvalue weighted by atomic mass is 10.1. The van der Waals surface area contributed by atoms with Gasteiger partial charge in [-0.05, 0) is 25.7 Å². The van der Waals surface area contributed by atoms with Gasteiger partial charge < -0.3 is 10.1 Å². The van der Waals surface area contributed by atoms with E-state index in [1.165, 1.54) is 18.5 Å². The van der Waals surface area contributed by atoms with Gasteiger partial charge >= 0.3 is 0 Å². The highest BCUT2D eigenvalue weighted by Crippen LogP contribution is 2.40. The van der Waals surface area contributed by atoms with Crippen LogP contribution in [0.25, 0.3) is 0 Å². The summed E-state index contributed by atoms with van der Waals surface area (Å²) in [6, 6.07) is 2.73. The van der Waals surface area contributed by atoms with Crippen molar-refractivity contribution >= 4 is 5.82 Å². The van der Waals surface area contributed by atoms with E-state index in [4.69, 9.17) is 9.84 Å². The molecule has 2 fully saturated rings. The Balaban J connectivity index is 1.85. The largest absolute Gasteiger partial charge is 0.381 e. The molecule has 4 heteroatoms. The second kappa shape index (κ2) is 4.09. The van der Waals surface area contributed by atoms with Gasteiger partial charge in [0, 0.05) is 32.2 Å². The fraction of sp³-hybridized carbons (Fsp3) is 0.750. The molecule has 1 aliphatic carbocycles. The van der Waals surface area contributed by atoms with E-state index in [2.05, 4.69) is 16.1 Å². The molecule has 88 valence electrons. The van der Waals surface area contributed by atoms with Crippen molar-refractivity contribution in [2.45, 2.75) is 37.6 Å². The molecule has 1 saturated carbocycles. The molecule has 3 rings (SSSR count). The number of nitrogens with zero attached hydrogens (tertiary/aromatic N) is 2. The fourth-order valence-electron chi connectivity index (χ4n) is 2.39. The topological polar surface area (TPSA) is 39.1 Å². The first-order valence-electron chi connectivity index (χ1n) is 6.23. The molecule has 16 heavy (non-hydrogen) atoms. The third kappa shape index (κ3) is 1.82. The fourth-order valence-corrected chi connectivity index (χ4v) is 2.39. The first-order valence-corrected chi connectivity index (χ1v) is 6.23. The molecule has 0 unspecified atom stereocenters. The summed E-state index contributed by atoms with van der Waals surface area (Å²) in [5.41, 5.74) is 1.27. The summed E-state index contributed by atoms with van der Waals surface area (Å²) in [4.78, 5) is 0. The van der Waals surface area contributed by atoms with Gasteiger partial charge in [0.1, 0.15) is 5.82 Å². The van der Waals surface area contributed by atoms with Gasteiger partial charge in [-0.3, -0.25) is 0 Å². The predicted molar refractivity (Wildman–Crippen MR) is 62.8 cm³/mol. The number of nitrogens with one attached hydrogen (secondary N) is 1. The summed E-state index contributed by atoms with van der Waals surface area (Å²) in [6.45, 7) is 1.74. The highest BCUT2D eigenvalue weighted by Gasteiger charge is 2.28. The predicted octanol–water partition coefficient (Wildman–Crippen LogP) is 2.15. The highest BCUT2D eigenvalue weighted by atomic mass is 16.5. The van der Waals surface area contributed by atoms with Crippen molar-refractivity contribution in [2.24, 2.45) is 0 Å². The number of anilines is 1. The molecule has 1 aliphatic heterocycles. The Morgan fingerprint density at radius 1 is 1.31 bits per heavy atom. The monoisotopic (exact) mass is 221 g/mol. The van der Waals surface area contributed by atoms with Gasteiger partial charge in [0.25, 0.3) is 0 Å². The summed E-state index contributed by atoms with van der Waals surface area (Å²) in [7, 11) is 1.98. The molecular formula is C12H19N3O. The number of hydrogen-bond donors (Lipinski definition) is 1. The molecule has 2 heterocycles. The van der Waals surface area contributed by atoms with Gasteiger partial charge in [-0.2, -0.15) is 5.10 Å². The van der Waals surface area contributed by atoms with Crippen LogP contribution in [-0.2, 0) is 4.74 Å². The Hall–Kier alpha value is -1.03. The van der Waals surface area contributed by atoms with E-state index in [0.717, 1.165) is 37.8 Å². The smallest absolute Gasteiger partial charge is 0.124 e. The molecule has 0 bridgehead atoms. The third-order valence-corrected chi connectivity index (χ3v) is 3.54. The minimum atomic E-state index is 0.517. The average molecular weight is 221 g/mol. The maximum absolute atomic E-state index is 5.40. The summed E-state index contributed by atoms with van der Waals surface area (Å²) in [5, 5.41) is 8.02. The minimum absolute atomic E-state index is 0.517. The van der Waals surface area contributed by atoms with Crippen LogP contribution in [0.1, 0.15) is 43.3 Å². The van der Waals surface area contributed by atoms with Gasteiger partial charge in [0.2, 0.25) is 0 Å². The van der Waals surface area contributed by atoms with Crippen LogP contribution in [0.3, 0.4) is 0 Å². The Morgan fingerprint density at radius 3 is 2.69 bits per heavy atom. The molecule has 4 nitrogen and oxygen atoms in total. The minimum Gasteiger partial charge on any atom is -0.381 e. The number of hydrogen-bond acceptors (Lipinski definition) is 3. The van der Waals surface area contributed by atoms with Crippen LogP contribution in [0.2, 0.25) is 0 Å². The van der Waals surface area contributed by atoms with Gasteiger partial charge in [-0.25, -0.2) is 4.68 Å². The molecule has 1 aromatic rings. The van der Waals surface area contributed by atoms with Crippen LogP contribution in [0.5, 0.6) is 0 Å². The molecule has 0 atom stereocenters. The van der Waals surface area contributed by atoms with Crippen LogP contribution >= 0.6 is 0 Å². The Morgan fingerprint density at radius 2 is 2.06 bits per heavy atom. The third-order valence-electron chi connectivity index (χ3n) is 3.54. The second-order valence-electron chi connectivity index (χ2n) is 4.77. The first kappa shape index (κ1) is 10.1. The number of rotatable bonds is 3. The average Bonchev–Trinajstić information content (AvgIpc) is 3.10. The van der Waals surface area contributed by atoms with E-state index >= 15 is 0 Å². The number of ether oxygens (including phenoxy) is 1. The maximum Gasteiger partial charge on any atom is 0.124 e. The van der Waals surface area contributed by atoms with E-state index in [9.17, 15) is 0 Å². The van der Waals surface area contributed by atoms with E-state index in [1.807, 2.05) is 7.05 Å². The number of aromatic nitrogens is 2. The molecular weight excluding hydrogens is 202 g/mol.